The summed E-state index contributed by atoms with van der Waals surface area (Å²) < 4.78 is 16.6. The van der Waals surface area contributed by atoms with E-state index >= 15 is 0 Å². The third kappa shape index (κ3) is 1.33. The van der Waals surface area contributed by atoms with Crippen LogP contribution in [0.15, 0.2) is 0 Å². The molecule has 0 aromatic rings. The highest BCUT2D eigenvalue weighted by Crippen LogP contribution is 2.48. The van der Waals surface area contributed by atoms with Crippen LogP contribution in [0, 0.1) is 0 Å². The largest absolute Gasteiger partial charge is 0.382 e. The molecule has 0 N–H and O–H groups in total. The zero-order valence-corrected chi connectivity index (χ0v) is 9.10. The molecule has 2 aliphatic heterocycles. The molecule has 0 saturated carbocycles. The van der Waals surface area contributed by atoms with E-state index in [1.54, 1.807) is 14.2 Å². The van der Waals surface area contributed by atoms with Crippen molar-refractivity contribution in [3.05, 3.63) is 0 Å². The van der Waals surface area contributed by atoms with Gasteiger partial charge in [0.2, 0.25) is 0 Å². The fourth-order valence-corrected chi connectivity index (χ4v) is 4.03. The van der Waals surface area contributed by atoms with Crippen LogP contribution in [0.5, 0.6) is 0 Å². The minimum atomic E-state index is -0.182. The fraction of sp³-hybridized carbons (Fsp3) is 1.00. The van der Waals surface area contributed by atoms with Gasteiger partial charge in [-0.1, -0.05) is 0 Å². The van der Waals surface area contributed by atoms with Gasteiger partial charge in [0, 0.05) is 26.0 Å². The second-order valence-corrected chi connectivity index (χ2v) is 4.92. The van der Waals surface area contributed by atoms with E-state index in [0.29, 0.717) is 17.9 Å². The molecule has 5 heteroatoms. The summed E-state index contributed by atoms with van der Waals surface area (Å²) in [6, 6.07) is 0.291. The molecule has 2 aliphatic rings. The van der Waals surface area contributed by atoms with E-state index in [1.165, 1.54) is 0 Å². The number of fused-ring (bicyclic) bond motifs is 2. The highest BCUT2D eigenvalue weighted by Gasteiger charge is 2.59. The van der Waals surface area contributed by atoms with Gasteiger partial charge in [0.05, 0.1) is 11.9 Å². The highest BCUT2D eigenvalue weighted by atomic mass is 32.2. The van der Waals surface area contributed by atoms with Crippen LogP contribution in [0.2, 0.25) is 0 Å². The molecule has 0 radical (unpaired) electrons. The van der Waals surface area contributed by atoms with Crippen LogP contribution in [0.3, 0.4) is 0 Å². The molecular formula is C8H15BO3S. The second-order valence-electron chi connectivity index (χ2n) is 3.75. The summed E-state index contributed by atoms with van der Waals surface area (Å²) in [5.41, 5.74) is -0.182. The molecule has 2 heterocycles. The maximum absolute atomic E-state index is 5.92. The lowest BCUT2D eigenvalue weighted by Gasteiger charge is -2.29. The van der Waals surface area contributed by atoms with Crippen molar-refractivity contribution in [2.75, 3.05) is 26.6 Å². The SMILES string of the molecule is B[C@@H]1O[C@]2(COC)CSC1C2OC. The van der Waals surface area contributed by atoms with Gasteiger partial charge in [0.15, 0.2) is 0 Å². The number of methoxy groups -OCH3 is 2. The van der Waals surface area contributed by atoms with Crippen LogP contribution in [0.1, 0.15) is 0 Å². The van der Waals surface area contributed by atoms with Crippen LogP contribution < -0.4 is 0 Å². The Balaban J connectivity index is 2.17. The molecule has 4 atom stereocenters. The first-order valence-electron chi connectivity index (χ1n) is 4.54. The molecule has 0 aromatic carbocycles. The van der Waals surface area contributed by atoms with E-state index in [9.17, 15) is 0 Å². The smallest absolute Gasteiger partial charge is 0.140 e. The van der Waals surface area contributed by atoms with Crippen LogP contribution in [0.25, 0.3) is 0 Å². The highest BCUT2D eigenvalue weighted by molar-refractivity contribution is 8.00. The Morgan fingerprint density at radius 1 is 1.62 bits per heavy atom. The van der Waals surface area contributed by atoms with Crippen molar-refractivity contribution in [3.63, 3.8) is 0 Å². The van der Waals surface area contributed by atoms with Gasteiger partial charge < -0.3 is 14.2 Å². The summed E-state index contributed by atoms with van der Waals surface area (Å²) in [5.74, 6) is 0.994. The lowest BCUT2D eigenvalue weighted by Crippen LogP contribution is -2.45. The standard InChI is InChI=1S/C8H15BO3S/c1-10-3-8-4-13-5(6(8)11-2)7(9)12-8/h5-7H,3-4,9H2,1-2H3/t5?,6?,7-,8-/m1/s1. The van der Waals surface area contributed by atoms with E-state index in [0.717, 1.165) is 5.75 Å². The van der Waals surface area contributed by atoms with Gasteiger partial charge in [0.1, 0.15) is 19.6 Å². The van der Waals surface area contributed by atoms with E-state index in [-0.39, 0.29) is 11.7 Å². The third-order valence-corrected chi connectivity index (χ3v) is 4.53. The zero-order valence-electron chi connectivity index (χ0n) is 8.28. The molecule has 0 spiro atoms. The van der Waals surface area contributed by atoms with E-state index in [1.807, 2.05) is 11.8 Å². The van der Waals surface area contributed by atoms with Crippen LogP contribution in [-0.4, -0.2) is 57.4 Å². The summed E-state index contributed by atoms with van der Waals surface area (Å²) in [6.45, 7) is 0.638. The zero-order chi connectivity index (χ0) is 9.47. The minimum absolute atomic E-state index is 0.182. The van der Waals surface area contributed by atoms with Crippen molar-refractivity contribution >= 4 is 19.6 Å². The molecule has 74 valence electrons. The third-order valence-electron chi connectivity index (χ3n) is 2.86. The van der Waals surface area contributed by atoms with Crippen molar-refractivity contribution < 1.29 is 14.2 Å². The molecule has 0 amide bonds. The number of hydrogen-bond acceptors (Lipinski definition) is 4. The lowest BCUT2D eigenvalue weighted by atomic mass is 9.93. The molecule has 2 fully saturated rings. The van der Waals surface area contributed by atoms with Crippen LogP contribution in [0.4, 0.5) is 0 Å². The number of rotatable bonds is 3. The first kappa shape index (κ1) is 9.83. The number of hydrogen-bond donors (Lipinski definition) is 0. The first-order chi connectivity index (χ1) is 6.23. The molecule has 13 heavy (non-hydrogen) atoms. The van der Waals surface area contributed by atoms with Crippen molar-refractivity contribution in [2.24, 2.45) is 0 Å². The predicted octanol–water partition coefficient (Wildman–Crippen LogP) is -0.509. The lowest BCUT2D eigenvalue weighted by molar-refractivity contribution is -0.0981. The summed E-state index contributed by atoms with van der Waals surface area (Å²) in [6.07, 6.45) is 0.201. The summed E-state index contributed by atoms with van der Waals surface area (Å²) >= 11 is 1.94. The average molecular weight is 202 g/mol. The summed E-state index contributed by atoms with van der Waals surface area (Å²) in [7, 11) is 5.58. The van der Waals surface area contributed by atoms with Gasteiger partial charge in [-0.3, -0.25) is 0 Å². The topological polar surface area (TPSA) is 27.7 Å². The predicted molar refractivity (Wildman–Crippen MR) is 55.1 cm³/mol. The van der Waals surface area contributed by atoms with E-state index in [2.05, 4.69) is 7.85 Å². The Kier molecular flexibility index (Phi) is 2.62. The van der Waals surface area contributed by atoms with Gasteiger partial charge in [-0.25, -0.2) is 0 Å². The van der Waals surface area contributed by atoms with Crippen molar-refractivity contribution in [1.82, 2.24) is 0 Å². The minimum Gasteiger partial charge on any atom is -0.382 e. The van der Waals surface area contributed by atoms with Crippen molar-refractivity contribution in [2.45, 2.75) is 23.0 Å². The molecule has 2 saturated heterocycles. The maximum Gasteiger partial charge on any atom is 0.140 e. The Bertz CT molecular complexity index is 204. The quantitative estimate of drug-likeness (QED) is 0.576. The summed E-state index contributed by atoms with van der Waals surface area (Å²) in [5, 5.41) is 0.486. The Morgan fingerprint density at radius 2 is 2.38 bits per heavy atom. The van der Waals surface area contributed by atoms with Crippen molar-refractivity contribution in [3.8, 4) is 0 Å². The van der Waals surface area contributed by atoms with Gasteiger partial charge in [-0.2, -0.15) is 11.8 Å². The molecule has 2 bridgehead atoms. The molecule has 3 nitrogen and oxygen atoms in total. The normalized spacial score (nSPS) is 48.6. The Morgan fingerprint density at radius 3 is 2.92 bits per heavy atom. The van der Waals surface area contributed by atoms with Crippen LogP contribution >= 0.6 is 11.8 Å². The molecule has 0 aromatic heterocycles. The van der Waals surface area contributed by atoms with Crippen LogP contribution in [-0.2, 0) is 14.2 Å². The van der Waals surface area contributed by atoms with Gasteiger partial charge in [-0.15, -0.1) is 0 Å². The second kappa shape index (κ2) is 3.46. The molecule has 2 unspecified atom stereocenters. The average Bonchev–Trinajstić information content (AvgIpc) is 2.55. The number of ether oxygens (including phenoxy) is 3. The molecular weight excluding hydrogens is 187 g/mol. The molecule has 2 rings (SSSR count). The first-order valence-corrected chi connectivity index (χ1v) is 5.59. The van der Waals surface area contributed by atoms with Gasteiger partial charge >= 0.3 is 0 Å². The van der Waals surface area contributed by atoms with Gasteiger partial charge in [-0.05, 0) is 0 Å². The Labute approximate surface area is 83.9 Å². The fourth-order valence-electron chi connectivity index (χ4n) is 2.38. The van der Waals surface area contributed by atoms with E-state index < -0.39 is 0 Å². The van der Waals surface area contributed by atoms with Gasteiger partial charge in [0.25, 0.3) is 0 Å². The monoisotopic (exact) mass is 202 g/mol. The summed E-state index contributed by atoms with van der Waals surface area (Å²) in [4.78, 5) is 0. The number of thioether (sulfide) groups is 1. The maximum atomic E-state index is 5.92. The van der Waals surface area contributed by atoms with Crippen molar-refractivity contribution in [1.29, 1.82) is 0 Å². The molecule has 0 aliphatic carbocycles. The van der Waals surface area contributed by atoms with E-state index in [4.69, 9.17) is 14.2 Å². The Hall–Kier alpha value is 0.295.